The van der Waals surface area contributed by atoms with E-state index in [9.17, 15) is 0 Å². The van der Waals surface area contributed by atoms with Crippen LogP contribution in [0.2, 0.25) is 23.2 Å². The zero-order chi connectivity index (χ0) is 13.3. The number of hydrogen-bond acceptors (Lipinski definition) is 2. The van der Waals surface area contributed by atoms with Crippen LogP contribution in [0.25, 0.3) is 5.76 Å². The molecule has 0 aliphatic rings. The van der Waals surface area contributed by atoms with Gasteiger partial charge in [0.2, 0.25) is 0 Å². The van der Waals surface area contributed by atoms with Crippen molar-refractivity contribution in [2.45, 2.75) is 38.9 Å². The normalized spacial score (nSPS) is 12.4. The third-order valence-electron chi connectivity index (χ3n) is 3.21. The lowest BCUT2D eigenvalue weighted by Gasteiger charge is -2.37. The first kappa shape index (κ1) is 14.3. The summed E-state index contributed by atoms with van der Waals surface area (Å²) in [6.07, 6.45) is 1.70. The van der Waals surface area contributed by atoms with Crippen LogP contribution in [0.4, 0.5) is 0 Å². The average molecular weight is 270 g/mol. The minimum absolute atomic E-state index is 0.136. The Balaban J connectivity index is 2.92. The van der Waals surface area contributed by atoms with E-state index in [2.05, 4.69) is 45.4 Å². The Bertz CT molecular complexity index is 424. The molecule has 94 valence electrons. The van der Waals surface area contributed by atoms with Crippen LogP contribution in [-0.2, 0) is 4.43 Å². The maximum atomic E-state index is 6.07. The summed E-state index contributed by atoms with van der Waals surface area (Å²) in [4.78, 5) is 4.21. The second kappa shape index (κ2) is 4.82. The van der Waals surface area contributed by atoms with Crippen molar-refractivity contribution in [3.8, 4) is 0 Å². The summed E-state index contributed by atoms with van der Waals surface area (Å²) in [5.41, 5.74) is 0.638. The highest BCUT2D eigenvalue weighted by Gasteiger charge is 2.39. The summed E-state index contributed by atoms with van der Waals surface area (Å²) in [5, 5.41) is 0.716. The predicted molar refractivity (Wildman–Crippen MR) is 76.6 cm³/mol. The molecule has 0 saturated carbocycles. The molecule has 0 aromatic carbocycles. The van der Waals surface area contributed by atoms with Gasteiger partial charge in [0.05, 0.1) is 5.02 Å². The van der Waals surface area contributed by atoms with E-state index >= 15 is 0 Å². The van der Waals surface area contributed by atoms with Gasteiger partial charge in [0.15, 0.2) is 0 Å². The van der Waals surface area contributed by atoms with Crippen LogP contribution in [0.15, 0.2) is 24.9 Å². The van der Waals surface area contributed by atoms with Crippen molar-refractivity contribution < 1.29 is 4.43 Å². The maximum absolute atomic E-state index is 6.07. The van der Waals surface area contributed by atoms with Crippen LogP contribution in [0.1, 0.15) is 26.5 Å². The highest BCUT2D eigenvalue weighted by Crippen LogP contribution is 2.39. The molecule has 4 heteroatoms. The molecule has 1 aromatic rings. The third kappa shape index (κ3) is 3.33. The van der Waals surface area contributed by atoms with Crippen molar-refractivity contribution in [3.63, 3.8) is 0 Å². The molecule has 0 atom stereocenters. The van der Waals surface area contributed by atoms with Crippen LogP contribution in [0.5, 0.6) is 0 Å². The number of pyridine rings is 1. The molecular weight excluding hydrogens is 250 g/mol. The second-order valence-electron chi connectivity index (χ2n) is 5.62. The molecule has 1 aromatic heterocycles. The molecule has 17 heavy (non-hydrogen) atoms. The van der Waals surface area contributed by atoms with Gasteiger partial charge < -0.3 is 4.43 Å². The smallest absolute Gasteiger partial charge is 0.250 e. The molecule has 0 N–H and O–H groups in total. The predicted octanol–water partition coefficient (Wildman–Crippen LogP) is 4.73. The van der Waals surface area contributed by atoms with Gasteiger partial charge in [-0.2, -0.15) is 0 Å². The summed E-state index contributed by atoms with van der Waals surface area (Å²) in [6.45, 7) is 14.9. The molecule has 0 spiro atoms. The first-order valence-electron chi connectivity index (χ1n) is 5.64. The minimum atomic E-state index is -1.87. The third-order valence-corrected chi connectivity index (χ3v) is 7.88. The van der Waals surface area contributed by atoms with Crippen molar-refractivity contribution in [3.05, 3.63) is 35.6 Å². The van der Waals surface area contributed by atoms with E-state index in [0.29, 0.717) is 16.5 Å². The molecule has 2 nitrogen and oxygen atoms in total. The van der Waals surface area contributed by atoms with Crippen LogP contribution >= 0.6 is 11.6 Å². The van der Waals surface area contributed by atoms with Gasteiger partial charge in [-0.05, 0) is 30.3 Å². The summed E-state index contributed by atoms with van der Waals surface area (Å²) < 4.78 is 6.07. The minimum Gasteiger partial charge on any atom is -0.542 e. The average Bonchev–Trinajstić information content (AvgIpc) is 2.15. The summed E-state index contributed by atoms with van der Waals surface area (Å²) in [7, 11) is -1.87. The standard InChI is InChI=1S/C13H20ClNOSi/c1-10(12-11(14)8-7-9-15-12)16-17(5,6)13(2,3)4/h7-9H,1H2,2-6H3. The SMILES string of the molecule is C=C(O[Si](C)(C)C(C)(C)C)c1ncccc1Cl. The van der Waals surface area contributed by atoms with E-state index < -0.39 is 8.32 Å². The first-order chi connectivity index (χ1) is 7.65. The molecule has 0 saturated heterocycles. The van der Waals surface area contributed by atoms with E-state index in [0.717, 1.165) is 0 Å². The molecule has 0 radical (unpaired) electrons. The molecule has 0 bridgehead atoms. The van der Waals surface area contributed by atoms with Gasteiger partial charge in [-0.15, -0.1) is 0 Å². The van der Waals surface area contributed by atoms with Gasteiger partial charge in [0.1, 0.15) is 11.5 Å². The zero-order valence-electron chi connectivity index (χ0n) is 11.2. The summed E-state index contributed by atoms with van der Waals surface area (Å²) >= 11 is 6.07. The van der Waals surface area contributed by atoms with Gasteiger partial charge in [-0.3, -0.25) is 4.98 Å². The maximum Gasteiger partial charge on any atom is 0.250 e. The molecule has 0 unspecified atom stereocenters. The largest absolute Gasteiger partial charge is 0.542 e. The van der Waals surface area contributed by atoms with Crippen molar-refractivity contribution in [2.75, 3.05) is 0 Å². The van der Waals surface area contributed by atoms with Crippen LogP contribution in [0.3, 0.4) is 0 Å². The van der Waals surface area contributed by atoms with E-state index in [1.54, 1.807) is 18.3 Å². The van der Waals surface area contributed by atoms with Gasteiger partial charge in [-0.1, -0.05) is 39.0 Å². The van der Waals surface area contributed by atoms with Crippen molar-refractivity contribution in [1.82, 2.24) is 4.98 Å². The van der Waals surface area contributed by atoms with Crippen molar-refractivity contribution in [2.24, 2.45) is 0 Å². The fourth-order valence-electron chi connectivity index (χ4n) is 1.10. The fourth-order valence-corrected chi connectivity index (χ4v) is 2.35. The molecule has 0 aliphatic heterocycles. The van der Waals surface area contributed by atoms with Crippen LogP contribution < -0.4 is 0 Å². The molecule has 1 rings (SSSR count). The number of rotatable bonds is 3. The zero-order valence-corrected chi connectivity index (χ0v) is 12.9. The summed E-state index contributed by atoms with van der Waals surface area (Å²) in [6, 6.07) is 3.59. The molecule has 0 aliphatic carbocycles. The number of hydrogen-bond donors (Lipinski definition) is 0. The van der Waals surface area contributed by atoms with Crippen molar-refractivity contribution in [1.29, 1.82) is 0 Å². The monoisotopic (exact) mass is 269 g/mol. The Morgan fingerprint density at radius 1 is 1.41 bits per heavy atom. The van der Waals surface area contributed by atoms with E-state index in [1.165, 1.54) is 0 Å². The Hall–Kier alpha value is -0.803. The highest BCUT2D eigenvalue weighted by molar-refractivity contribution is 6.74. The van der Waals surface area contributed by atoms with Crippen LogP contribution in [0, 0.1) is 0 Å². The quantitative estimate of drug-likeness (QED) is 0.585. The lowest BCUT2D eigenvalue weighted by molar-refractivity contribution is 0.457. The van der Waals surface area contributed by atoms with E-state index in [-0.39, 0.29) is 5.04 Å². The van der Waals surface area contributed by atoms with Gasteiger partial charge >= 0.3 is 0 Å². The van der Waals surface area contributed by atoms with Gasteiger partial charge in [-0.25, -0.2) is 0 Å². The Morgan fingerprint density at radius 2 is 2.00 bits per heavy atom. The lowest BCUT2D eigenvalue weighted by atomic mass is 10.2. The lowest BCUT2D eigenvalue weighted by Crippen LogP contribution is -2.40. The van der Waals surface area contributed by atoms with E-state index in [4.69, 9.17) is 16.0 Å². The van der Waals surface area contributed by atoms with Crippen LogP contribution in [-0.4, -0.2) is 13.3 Å². The topological polar surface area (TPSA) is 22.1 Å². The van der Waals surface area contributed by atoms with Gasteiger partial charge in [0, 0.05) is 6.20 Å². The molecular formula is C13H20ClNOSi. The summed E-state index contributed by atoms with van der Waals surface area (Å²) in [5.74, 6) is 0.571. The number of halogens is 1. The fraction of sp³-hybridized carbons (Fsp3) is 0.462. The highest BCUT2D eigenvalue weighted by atomic mass is 35.5. The Morgan fingerprint density at radius 3 is 2.47 bits per heavy atom. The number of nitrogens with zero attached hydrogens (tertiary/aromatic N) is 1. The second-order valence-corrected chi connectivity index (χ2v) is 10.8. The number of aromatic nitrogens is 1. The first-order valence-corrected chi connectivity index (χ1v) is 8.92. The molecule has 1 heterocycles. The molecule has 0 amide bonds. The Kier molecular flexibility index (Phi) is 4.05. The van der Waals surface area contributed by atoms with E-state index in [1.807, 2.05) is 0 Å². The Labute approximate surface area is 110 Å². The van der Waals surface area contributed by atoms with Gasteiger partial charge in [0.25, 0.3) is 8.32 Å². The molecule has 0 fully saturated rings. The van der Waals surface area contributed by atoms with Crippen molar-refractivity contribution >= 4 is 25.7 Å².